The summed E-state index contributed by atoms with van der Waals surface area (Å²) in [5.41, 5.74) is 0.645. The first-order valence-electron chi connectivity index (χ1n) is 8.98. The lowest BCUT2D eigenvalue weighted by Crippen LogP contribution is -2.39. The van der Waals surface area contributed by atoms with Crippen LogP contribution in [0.4, 0.5) is 0 Å². The zero-order chi connectivity index (χ0) is 19.4. The molecule has 1 N–H and O–H groups in total. The Morgan fingerprint density at radius 3 is 2.70 bits per heavy atom. The Hall–Kier alpha value is -2.54. The summed E-state index contributed by atoms with van der Waals surface area (Å²) in [5, 5.41) is 13.7. The highest BCUT2D eigenvalue weighted by Gasteiger charge is 2.27. The molecule has 0 spiro atoms. The monoisotopic (exact) mass is 391 g/mol. The van der Waals surface area contributed by atoms with Crippen LogP contribution < -0.4 is 4.74 Å². The Morgan fingerprint density at radius 2 is 2.07 bits per heavy atom. The fourth-order valence-electron chi connectivity index (χ4n) is 3.16. The molecular weight excluding hydrogens is 370 g/mol. The van der Waals surface area contributed by atoms with Gasteiger partial charge in [0, 0.05) is 24.3 Å². The van der Waals surface area contributed by atoms with Crippen LogP contribution in [0.5, 0.6) is 5.75 Å². The number of carboxylic acids is 1. The quantitative estimate of drug-likeness (QED) is 0.814. The number of ether oxygens (including phenoxy) is 1. The van der Waals surface area contributed by atoms with E-state index in [4.69, 9.17) is 21.4 Å². The SMILES string of the molecule is CCCOc1ccc(Cl)cc1C(=O)N1CCC(n2cc(C(=O)O)cn2)CC1. The predicted molar refractivity (Wildman–Crippen MR) is 101 cm³/mol. The van der Waals surface area contributed by atoms with Crippen LogP contribution in [0, 0.1) is 0 Å². The molecule has 2 heterocycles. The number of aromatic nitrogens is 2. The number of aromatic carboxylic acids is 1. The summed E-state index contributed by atoms with van der Waals surface area (Å²) in [6.07, 6.45) is 5.15. The Kier molecular flexibility index (Phi) is 6.01. The first kappa shape index (κ1) is 19.2. The molecular formula is C19H22ClN3O4. The maximum atomic E-state index is 13.0. The van der Waals surface area contributed by atoms with E-state index in [1.165, 1.54) is 12.4 Å². The van der Waals surface area contributed by atoms with Crippen molar-refractivity contribution in [2.75, 3.05) is 19.7 Å². The Bertz CT molecular complexity index is 828. The first-order chi connectivity index (χ1) is 13.0. The van der Waals surface area contributed by atoms with E-state index in [1.54, 1.807) is 27.8 Å². The van der Waals surface area contributed by atoms with E-state index < -0.39 is 5.97 Å². The van der Waals surface area contributed by atoms with Gasteiger partial charge in [0.15, 0.2) is 0 Å². The second-order valence-electron chi connectivity index (χ2n) is 6.53. The molecule has 0 aliphatic carbocycles. The molecule has 0 atom stereocenters. The van der Waals surface area contributed by atoms with Gasteiger partial charge in [0.2, 0.25) is 0 Å². The molecule has 1 amide bonds. The van der Waals surface area contributed by atoms with Gasteiger partial charge in [0.1, 0.15) is 5.75 Å². The number of piperidine rings is 1. The zero-order valence-corrected chi connectivity index (χ0v) is 15.9. The van der Waals surface area contributed by atoms with Crippen molar-refractivity contribution in [1.29, 1.82) is 0 Å². The fourth-order valence-corrected chi connectivity index (χ4v) is 3.33. The summed E-state index contributed by atoms with van der Waals surface area (Å²) < 4.78 is 7.37. The molecule has 144 valence electrons. The second kappa shape index (κ2) is 8.43. The molecule has 0 bridgehead atoms. The Balaban J connectivity index is 1.68. The standard InChI is InChI=1S/C19H22ClN3O4/c1-2-9-27-17-4-3-14(20)10-16(17)18(24)22-7-5-15(6-8-22)23-12-13(11-21-23)19(25)26/h3-4,10-12,15H,2,5-9H2,1H3,(H,25,26). The number of amides is 1. The van der Waals surface area contributed by atoms with Gasteiger partial charge in [-0.15, -0.1) is 0 Å². The fraction of sp³-hybridized carbons (Fsp3) is 0.421. The highest BCUT2D eigenvalue weighted by atomic mass is 35.5. The van der Waals surface area contributed by atoms with E-state index in [-0.39, 0.29) is 17.5 Å². The van der Waals surface area contributed by atoms with Gasteiger partial charge >= 0.3 is 5.97 Å². The largest absolute Gasteiger partial charge is 0.493 e. The number of carbonyl (C=O) groups is 2. The molecule has 1 aliphatic heterocycles. The smallest absolute Gasteiger partial charge is 0.338 e. The van der Waals surface area contributed by atoms with Gasteiger partial charge in [-0.25, -0.2) is 4.79 Å². The number of likely N-dealkylation sites (tertiary alicyclic amines) is 1. The van der Waals surface area contributed by atoms with Crippen LogP contribution in [0.1, 0.15) is 52.9 Å². The van der Waals surface area contributed by atoms with E-state index >= 15 is 0 Å². The molecule has 8 heteroatoms. The lowest BCUT2D eigenvalue weighted by atomic mass is 10.0. The molecule has 3 rings (SSSR count). The van der Waals surface area contributed by atoms with E-state index in [1.807, 2.05) is 6.92 Å². The second-order valence-corrected chi connectivity index (χ2v) is 6.96. The number of hydrogen-bond acceptors (Lipinski definition) is 4. The molecule has 0 radical (unpaired) electrons. The van der Waals surface area contributed by atoms with Crippen LogP contribution in [-0.2, 0) is 0 Å². The average molecular weight is 392 g/mol. The zero-order valence-electron chi connectivity index (χ0n) is 15.1. The van der Waals surface area contributed by atoms with Gasteiger partial charge in [-0.1, -0.05) is 18.5 Å². The molecule has 1 fully saturated rings. The summed E-state index contributed by atoms with van der Waals surface area (Å²) in [7, 11) is 0. The number of carbonyl (C=O) groups excluding carboxylic acids is 1. The third-order valence-electron chi connectivity index (χ3n) is 4.61. The molecule has 0 saturated carbocycles. The number of hydrogen-bond donors (Lipinski definition) is 1. The van der Waals surface area contributed by atoms with Crippen molar-refractivity contribution in [1.82, 2.24) is 14.7 Å². The van der Waals surface area contributed by atoms with Gasteiger partial charge < -0.3 is 14.7 Å². The summed E-state index contributed by atoms with van der Waals surface area (Å²) in [4.78, 5) is 25.7. The molecule has 1 aromatic carbocycles. The van der Waals surface area contributed by atoms with Crippen molar-refractivity contribution in [3.63, 3.8) is 0 Å². The molecule has 1 aromatic heterocycles. The van der Waals surface area contributed by atoms with Crippen LogP contribution in [0.3, 0.4) is 0 Å². The normalized spacial score (nSPS) is 15.0. The Morgan fingerprint density at radius 1 is 1.33 bits per heavy atom. The minimum absolute atomic E-state index is 0.0809. The van der Waals surface area contributed by atoms with Crippen LogP contribution >= 0.6 is 11.6 Å². The summed E-state index contributed by atoms with van der Waals surface area (Å²) >= 11 is 6.08. The van der Waals surface area contributed by atoms with Crippen LogP contribution in [0.2, 0.25) is 5.02 Å². The van der Waals surface area contributed by atoms with E-state index in [2.05, 4.69) is 5.10 Å². The molecule has 2 aromatic rings. The van der Waals surface area contributed by atoms with Gasteiger partial charge in [0.05, 0.1) is 30.0 Å². The van der Waals surface area contributed by atoms with Crippen molar-refractivity contribution in [3.8, 4) is 5.75 Å². The van der Waals surface area contributed by atoms with Crippen molar-refractivity contribution < 1.29 is 19.4 Å². The number of rotatable bonds is 6. The molecule has 0 unspecified atom stereocenters. The number of benzene rings is 1. The minimum Gasteiger partial charge on any atom is -0.493 e. The Labute approximate surface area is 162 Å². The van der Waals surface area contributed by atoms with E-state index in [0.29, 0.717) is 48.9 Å². The average Bonchev–Trinajstić information content (AvgIpc) is 3.17. The highest BCUT2D eigenvalue weighted by molar-refractivity contribution is 6.31. The van der Waals surface area contributed by atoms with Crippen molar-refractivity contribution in [3.05, 3.63) is 46.7 Å². The topological polar surface area (TPSA) is 84.7 Å². The van der Waals surface area contributed by atoms with E-state index in [0.717, 1.165) is 6.42 Å². The number of halogens is 1. The van der Waals surface area contributed by atoms with Crippen molar-refractivity contribution in [2.24, 2.45) is 0 Å². The van der Waals surface area contributed by atoms with Gasteiger partial charge in [0.25, 0.3) is 5.91 Å². The van der Waals surface area contributed by atoms with Gasteiger partial charge in [-0.3, -0.25) is 9.48 Å². The van der Waals surface area contributed by atoms with Crippen LogP contribution in [-0.4, -0.2) is 51.4 Å². The summed E-state index contributed by atoms with van der Waals surface area (Å²) in [6.45, 7) is 3.67. The molecule has 7 nitrogen and oxygen atoms in total. The summed E-state index contributed by atoms with van der Waals surface area (Å²) in [6, 6.07) is 5.17. The van der Waals surface area contributed by atoms with Crippen LogP contribution in [0.25, 0.3) is 0 Å². The van der Waals surface area contributed by atoms with Gasteiger partial charge in [-0.2, -0.15) is 5.10 Å². The van der Waals surface area contributed by atoms with Crippen molar-refractivity contribution in [2.45, 2.75) is 32.2 Å². The lowest BCUT2D eigenvalue weighted by Gasteiger charge is -2.32. The molecule has 1 saturated heterocycles. The van der Waals surface area contributed by atoms with E-state index in [9.17, 15) is 9.59 Å². The van der Waals surface area contributed by atoms with Crippen molar-refractivity contribution >= 4 is 23.5 Å². The molecule has 27 heavy (non-hydrogen) atoms. The summed E-state index contributed by atoms with van der Waals surface area (Å²) in [5.74, 6) is -0.547. The third kappa shape index (κ3) is 4.42. The highest BCUT2D eigenvalue weighted by Crippen LogP contribution is 2.28. The molecule has 1 aliphatic rings. The maximum absolute atomic E-state index is 13.0. The third-order valence-corrected chi connectivity index (χ3v) is 4.84. The van der Waals surface area contributed by atoms with Crippen LogP contribution in [0.15, 0.2) is 30.6 Å². The van der Waals surface area contributed by atoms with Gasteiger partial charge in [-0.05, 0) is 37.5 Å². The first-order valence-corrected chi connectivity index (χ1v) is 9.36. The number of nitrogens with zero attached hydrogens (tertiary/aromatic N) is 3. The maximum Gasteiger partial charge on any atom is 0.338 e. The lowest BCUT2D eigenvalue weighted by molar-refractivity contribution is 0.0684. The number of carboxylic acid groups (broad SMARTS) is 1. The minimum atomic E-state index is -0.991. The predicted octanol–water partition coefficient (Wildman–Crippen LogP) is 3.50.